The molecule has 0 fully saturated rings. The average molecular weight is 300 g/mol. The van der Waals surface area contributed by atoms with Crippen molar-refractivity contribution in [3.05, 3.63) is 52.8 Å². The highest BCUT2D eigenvalue weighted by Crippen LogP contribution is 2.20. The summed E-state index contributed by atoms with van der Waals surface area (Å²) in [4.78, 5) is 0. The highest BCUT2D eigenvalue weighted by molar-refractivity contribution is 6.67. The minimum Gasteiger partial charge on any atom is -0.491 e. The van der Waals surface area contributed by atoms with Gasteiger partial charge < -0.3 is 4.74 Å². The molecule has 1 nitrogen and oxygen atoms in total. The Bertz CT molecular complexity index is 702. The van der Waals surface area contributed by atoms with Crippen LogP contribution in [0.4, 0.5) is 22.0 Å². The smallest absolute Gasteiger partial charge is 0.207 e. The second-order valence-corrected chi connectivity index (χ2v) is 4.50. The first-order chi connectivity index (χ1) is 9.86. The zero-order valence-corrected chi connectivity index (χ0v) is 11.2. The van der Waals surface area contributed by atoms with Crippen LogP contribution >= 0.6 is 0 Å². The second-order valence-electron chi connectivity index (χ2n) is 4.50. The molecule has 0 unspecified atom stereocenters. The second kappa shape index (κ2) is 5.75. The third kappa shape index (κ3) is 2.72. The van der Waals surface area contributed by atoms with E-state index in [2.05, 4.69) is 4.74 Å². The molecule has 0 aliphatic heterocycles. The van der Waals surface area contributed by atoms with Crippen LogP contribution in [0.15, 0.2) is 18.2 Å². The summed E-state index contributed by atoms with van der Waals surface area (Å²) in [6, 6.07) is 2.64. The fourth-order valence-corrected chi connectivity index (χ4v) is 2.01. The van der Waals surface area contributed by atoms with Gasteiger partial charge in [0.1, 0.15) is 17.5 Å². The minimum absolute atomic E-state index is 0.140. The molecule has 0 aliphatic rings. The van der Waals surface area contributed by atoms with Crippen LogP contribution in [0.1, 0.15) is 5.56 Å². The molecule has 0 saturated carbocycles. The van der Waals surface area contributed by atoms with Crippen LogP contribution in [0.2, 0.25) is 0 Å². The zero-order valence-electron chi connectivity index (χ0n) is 11.2. The van der Waals surface area contributed by atoms with Gasteiger partial charge in [-0.2, -0.15) is 0 Å². The summed E-state index contributed by atoms with van der Waals surface area (Å²) in [5, 5.41) is 0. The number of halogens is 5. The quantitative estimate of drug-likeness (QED) is 0.623. The van der Waals surface area contributed by atoms with Crippen LogP contribution < -0.4 is 15.7 Å². The molecule has 2 aromatic rings. The van der Waals surface area contributed by atoms with Crippen molar-refractivity contribution in [1.82, 2.24) is 0 Å². The van der Waals surface area contributed by atoms with Crippen molar-refractivity contribution in [2.24, 2.45) is 0 Å². The van der Waals surface area contributed by atoms with E-state index in [0.29, 0.717) is 6.07 Å². The van der Waals surface area contributed by atoms with Gasteiger partial charge in [0.05, 0.1) is 7.11 Å². The molecule has 0 atom stereocenters. The molecule has 21 heavy (non-hydrogen) atoms. The van der Waals surface area contributed by atoms with E-state index in [-0.39, 0.29) is 5.56 Å². The lowest BCUT2D eigenvalue weighted by Gasteiger charge is -2.11. The van der Waals surface area contributed by atoms with E-state index >= 15 is 0 Å². The van der Waals surface area contributed by atoms with Crippen molar-refractivity contribution in [2.45, 2.75) is 6.92 Å². The van der Waals surface area contributed by atoms with Crippen LogP contribution in [0.25, 0.3) is 0 Å². The van der Waals surface area contributed by atoms with Crippen LogP contribution in [-0.4, -0.2) is 14.4 Å². The fraction of sp³-hybridized carbons (Fsp3) is 0.143. The van der Waals surface area contributed by atoms with Crippen molar-refractivity contribution in [1.29, 1.82) is 0 Å². The standard InChI is InChI=1S/C14H10BF5O/c1-6-3-4-7(16)10(12(6)19)15-11-8(17)5-9(18)14(21-2)13(11)20/h3-5,15H,1-2H3. The van der Waals surface area contributed by atoms with Crippen molar-refractivity contribution in [2.75, 3.05) is 7.11 Å². The molecule has 0 aromatic heterocycles. The van der Waals surface area contributed by atoms with E-state index in [1.807, 2.05) is 0 Å². The predicted octanol–water partition coefficient (Wildman–Crippen LogP) is 2.09. The summed E-state index contributed by atoms with van der Waals surface area (Å²) in [6.45, 7) is 1.40. The first-order valence-corrected chi connectivity index (χ1v) is 6.00. The van der Waals surface area contributed by atoms with Gasteiger partial charge in [0.15, 0.2) is 17.4 Å². The third-order valence-electron chi connectivity index (χ3n) is 3.16. The van der Waals surface area contributed by atoms with Gasteiger partial charge >= 0.3 is 0 Å². The maximum Gasteiger partial charge on any atom is 0.207 e. The molecule has 2 aromatic carbocycles. The van der Waals surface area contributed by atoms with Gasteiger partial charge in [0.25, 0.3) is 0 Å². The van der Waals surface area contributed by atoms with Crippen molar-refractivity contribution < 1.29 is 26.7 Å². The van der Waals surface area contributed by atoms with E-state index in [9.17, 15) is 22.0 Å². The Balaban J connectivity index is 2.58. The first kappa shape index (κ1) is 15.3. The molecule has 0 aliphatic carbocycles. The number of methoxy groups -OCH3 is 1. The number of benzene rings is 2. The molecule has 110 valence electrons. The molecule has 0 bridgehead atoms. The maximum atomic E-state index is 14.0. The van der Waals surface area contributed by atoms with Gasteiger partial charge in [0, 0.05) is 6.07 Å². The fourth-order valence-electron chi connectivity index (χ4n) is 2.01. The average Bonchev–Trinajstić information content (AvgIpc) is 2.42. The van der Waals surface area contributed by atoms with Crippen molar-refractivity contribution in [3.63, 3.8) is 0 Å². The van der Waals surface area contributed by atoms with Crippen LogP contribution in [0, 0.1) is 36.0 Å². The lowest BCUT2D eigenvalue weighted by Crippen LogP contribution is -2.37. The zero-order chi connectivity index (χ0) is 15.7. The predicted molar refractivity (Wildman–Crippen MR) is 70.4 cm³/mol. The summed E-state index contributed by atoms with van der Waals surface area (Å²) < 4.78 is 73.0. The molecule has 0 N–H and O–H groups in total. The van der Waals surface area contributed by atoms with Crippen molar-refractivity contribution >= 4 is 18.2 Å². The molecule has 7 heteroatoms. The Hall–Kier alpha value is -2.05. The van der Waals surface area contributed by atoms with E-state index in [4.69, 9.17) is 0 Å². The number of hydrogen-bond donors (Lipinski definition) is 0. The van der Waals surface area contributed by atoms with Gasteiger partial charge in [-0.25, -0.2) is 22.0 Å². The summed E-state index contributed by atoms with van der Waals surface area (Å²) in [5.41, 5.74) is -1.00. The van der Waals surface area contributed by atoms with Gasteiger partial charge in [-0.1, -0.05) is 6.07 Å². The molecule has 0 radical (unpaired) electrons. The molecule has 0 heterocycles. The Morgan fingerprint density at radius 3 is 2.10 bits per heavy atom. The first-order valence-electron chi connectivity index (χ1n) is 6.00. The van der Waals surface area contributed by atoms with Gasteiger partial charge in [-0.3, -0.25) is 0 Å². The monoisotopic (exact) mass is 300 g/mol. The number of aryl methyl sites for hydroxylation is 1. The molecule has 0 saturated heterocycles. The van der Waals surface area contributed by atoms with Crippen LogP contribution in [0.5, 0.6) is 5.75 Å². The summed E-state index contributed by atoms with van der Waals surface area (Å²) in [5.74, 6) is -6.37. The van der Waals surface area contributed by atoms with Gasteiger partial charge in [0.2, 0.25) is 7.28 Å². The molecule has 0 spiro atoms. The normalized spacial score (nSPS) is 10.6. The lowest BCUT2D eigenvalue weighted by atomic mass is 9.62. The molecular formula is C14H10BF5O. The number of rotatable bonds is 3. The van der Waals surface area contributed by atoms with Crippen molar-refractivity contribution in [3.8, 4) is 5.75 Å². The Morgan fingerprint density at radius 2 is 1.48 bits per heavy atom. The highest BCUT2D eigenvalue weighted by Gasteiger charge is 2.23. The topological polar surface area (TPSA) is 9.23 Å². The van der Waals surface area contributed by atoms with Crippen LogP contribution in [-0.2, 0) is 0 Å². The SMILES string of the molecule is COc1c(F)cc(F)c(Bc2c(F)ccc(C)c2F)c1F. The third-order valence-corrected chi connectivity index (χ3v) is 3.16. The molecule has 2 rings (SSSR count). The Kier molecular flexibility index (Phi) is 4.20. The lowest BCUT2D eigenvalue weighted by molar-refractivity contribution is 0.358. The Labute approximate surface area is 118 Å². The Morgan fingerprint density at radius 1 is 0.857 bits per heavy atom. The molecule has 0 amide bonds. The van der Waals surface area contributed by atoms with Gasteiger partial charge in [-0.05, 0) is 29.5 Å². The van der Waals surface area contributed by atoms with E-state index < -0.39 is 53.0 Å². The van der Waals surface area contributed by atoms with E-state index in [1.165, 1.54) is 13.0 Å². The number of hydrogen-bond acceptors (Lipinski definition) is 1. The maximum absolute atomic E-state index is 14.0. The minimum atomic E-state index is -1.31. The van der Waals surface area contributed by atoms with E-state index in [0.717, 1.165) is 13.2 Å². The highest BCUT2D eigenvalue weighted by atomic mass is 19.2. The summed E-state index contributed by atoms with van der Waals surface area (Å²) in [6.07, 6.45) is 0. The summed E-state index contributed by atoms with van der Waals surface area (Å²) in [7, 11) is 0.324. The number of ether oxygens (including phenoxy) is 1. The molecular weight excluding hydrogens is 290 g/mol. The van der Waals surface area contributed by atoms with Gasteiger partial charge in [-0.15, -0.1) is 0 Å². The van der Waals surface area contributed by atoms with Crippen LogP contribution in [0.3, 0.4) is 0 Å². The largest absolute Gasteiger partial charge is 0.491 e. The van der Waals surface area contributed by atoms with E-state index in [1.54, 1.807) is 0 Å². The summed E-state index contributed by atoms with van der Waals surface area (Å²) >= 11 is 0.